The van der Waals surface area contributed by atoms with Crippen molar-refractivity contribution in [2.45, 2.75) is 137 Å². The van der Waals surface area contributed by atoms with Gasteiger partial charge in [-0.3, -0.25) is 0 Å². The number of esters is 3. The van der Waals surface area contributed by atoms with Crippen molar-refractivity contribution in [1.29, 1.82) is 0 Å². The standard InChI is InChI=1S/C45H60N6O6/c1-7-13-16-37(10-4)55-40(52)31-19-25-34(26-20-31)46-43-49-44(47-35-27-21-32(22-28-35)41(53)56-38(11-5)17-14-8-2)51-45(50-43)48-36-29-23-33(24-30-36)42(54)57-39(12-6)18-15-9-3/h19-30,37-39H,7-18H2,1-6H3,(H3,46,47,48,49,50,51). The summed E-state index contributed by atoms with van der Waals surface area (Å²) in [6.07, 6.45) is 10.6. The average Bonchev–Trinajstić information content (AvgIpc) is 3.22. The Balaban J connectivity index is 1.53. The van der Waals surface area contributed by atoms with Crippen LogP contribution in [0.5, 0.6) is 0 Å². The minimum absolute atomic E-state index is 0.111. The predicted molar refractivity (Wildman–Crippen MR) is 226 cm³/mol. The molecule has 12 heteroatoms. The minimum atomic E-state index is -0.357. The summed E-state index contributed by atoms with van der Waals surface area (Å²) in [7, 11) is 0. The molecule has 1 heterocycles. The lowest BCUT2D eigenvalue weighted by atomic mass is 10.1. The molecule has 1 aromatic heterocycles. The van der Waals surface area contributed by atoms with E-state index in [1.807, 2.05) is 20.8 Å². The van der Waals surface area contributed by atoms with Gasteiger partial charge in [-0.05, 0) is 111 Å². The minimum Gasteiger partial charge on any atom is -0.459 e. The smallest absolute Gasteiger partial charge is 0.338 e. The molecular weight excluding hydrogens is 721 g/mol. The molecule has 0 saturated heterocycles. The van der Waals surface area contributed by atoms with E-state index < -0.39 is 0 Å². The molecule has 4 aromatic rings. The van der Waals surface area contributed by atoms with E-state index >= 15 is 0 Å². The first-order chi connectivity index (χ1) is 27.7. The van der Waals surface area contributed by atoms with Crippen molar-refractivity contribution in [2.75, 3.05) is 16.0 Å². The zero-order valence-corrected chi connectivity index (χ0v) is 34.4. The number of rotatable bonds is 24. The molecule has 4 rings (SSSR count). The number of benzene rings is 3. The van der Waals surface area contributed by atoms with Gasteiger partial charge in [0.25, 0.3) is 0 Å². The number of anilines is 6. The van der Waals surface area contributed by atoms with Crippen LogP contribution in [0, 0.1) is 0 Å². The van der Waals surface area contributed by atoms with Crippen molar-refractivity contribution in [1.82, 2.24) is 15.0 Å². The molecule has 0 aliphatic carbocycles. The number of nitrogens with zero attached hydrogens (tertiary/aromatic N) is 3. The quantitative estimate of drug-likeness (QED) is 0.0458. The SMILES string of the molecule is CCCCC(CC)OC(=O)c1ccc(Nc2nc(Nc3ccc(C(=O)OC(CC)CCCC)cc3)nc(Nc3ccc(C(=O)OC(CC)CCCC)cc3)n2)cc1. The van der Waals surface area contributed by atoms with Gasteiger partial charge < -0.3 is 30.2 Å². The molecule has 0 spiro atoms. The van der Waals surface area contributed by atoms with Crippen molar-refractivity contribution >= 4 is 52.8 Å². The van der Waals surface area contributed by atoms with Crippen molar-refractivity contribution in [3.63, 3.8) is 0 Å². The van der Waals surface area contributed by atoms with Gasteiger partial charge in [0, 0.05) is 17.1 Å². The summed E-state index contributed by atoms with van der Waals surface area (Å²) in [5.74, 6) is -0.385. The average molecular weight is 781 g/mol. The van der Waals surface area contributed by atoms with Gasteiger partial charge >= 0.3 is 17.9 Å². The van der Waals surface area contributed by atoms with Crippen LogP contribution >= 0.6 is 0 Å². The summed E-state index contributed by atoms with van der Waals surface area (Å²) >= 11 is 0. The van der Waals surface area contributed by atoms with Crippen LogP contribution in [0.1, 0.15) is 150 Å². The van der Waals surface area contributed by atoms with Crippen molar-refractivity contribution in [3.8, 4) is 0 Å². The third kappa shape index (κ3) is 14.5. The maximum Gasteiger partial charge on any atom is 0.338 e. The summed E-state index contributed by atoms with van der Waals surface area (Å²) in [5.41, 5.74) is 3.29. The summed E-state index contributed by atoms with van der Waals surface area (Å²) < 4.78 is 17.2. The van der Waals surface area contributed by atoms with Gasteiger partial charge in [0.15, 0.2) is 0 Å². The Hall–Kier alpha value is -5.52. The summed E-state index contributed by atoms with van der Waals surface area (Å²) in [6.45, 7) is 12.4. The number of ether oxygens (including phenoxy) is 3. The van der Waals surface area contributed by atoms with Gasteiger partial charge in [-0.1, -0.05) is 80.1 Å². The second-order valence-corrected chi connectivity index (χ2v) is 14.1. The Bertz CT molecular complexity index is 1610. The molecular formula is C45H60N6O6. The van der Waals surface area contributed by atoms with Crippen LogP contribution in [0.2, 0.25) is 0 Å². The molecule has 306 valence electrons. The second kappa shape index (κ2) is 23.5. The van der Waals surface area contributed by atoms with Gasteiger partial charge in [0.05, 0.1) is 16.7 Å². The molecule has 0 radical (unpaired) electrons. The molecule has 3 aromatic carbocycles. The van der Waals surface area contributed by atoms with Crippen LogP contribution in [0.3, 0.4) is 0 Å². The lowest BCUT2D eigenvalue weighted by molar-refractivity contribution is 0.0259. The maximum absolute atomic E-state index is 12.9. The first-order valence-electron chi connectivity index (χ1n) is 20.7. The Morgan fingerprint density at radius 1 is 0.439 bits per heavy atom. The molecule has 0 amide bonds. The molecule has 0 aliphatic rings. The van der Waals surface area contributed by atoms with Crippen LogP contribution in [0.15, 0.2) is 72.8 Å². The third-order valence-electron chi connectivity index (χ3n) is 9.59. The Morgan fingerprint density at radius 2 is 0.684 bits per heavy atom. The number of aromatic nitrogens is 3. The first-order valence-corrected chi connectivity index (χ1v) is 20.7. The van der Waals surface area contributed by atoms with Gasteiger partial charge in [-0.15, -0.1) is 0 Å². The van der Waals surface area contributed by atoms with E-state index in [4.69, 9.17) is 14.2 Å². The second-order valence-electron chi connectivity index (χ2n) is 14.1. The van der Waals surface area contributed by atoms with Crippen LogP contribution in [0.25, 0.3) is 0 Å². The third-order valence-corrected chi connectivity index (χ3v) is 9.59. The highest BCUT2D eigenvalue weighted by Crippen LogP contribution is 2.24. The Kier molecular flexibility index (Phi) is 18.2. The lowest BCUT2D eigenvalue weighted by Crippen LogP contribution is -2.17. The highest BCUT2D eigenvalue weighted by Gasteiger charge is 2.18. The summed E-state index contributed by atoms with van der Waals surface area (Å²) in [5, 5.41) is 9.63. The monoisotopic (exact) mass is 780 g/mol. The van der Waals surface area contributed by atoms with E-state index in [1.165, 1.54) is 0 Å². The number of carbonyl (C=O) groups is 3. The van der Waals surface area contributed by atoms with Crippen LogP contribution in [0.4, 0.5) is 34.9 Å². The molecule has 0 bridgehead atoms. The Labute approximate surface area is 337 Å². The van der Waals surface area contributed by atoms with Gasteiger partial charge in [0.1, 0.15) is 18.3 Å². The molecule has 3 unspecified atom stereocenters. The van der Waals surface area contributed by atoms with Crippen molar-refractivity contribution in [2.24, 2.45) is 0 Å². The zero-order chi connectivity index (χ0) is 41.0. The maximum atomic E-state index is 12.9. The van der Waals surface area contributed by atoms with E-state index in [2.05, 4.69) is 51.7 Å². The fourth-order valence-corrected chi connectivity index (χ4v) is 5.99. The number of carbonyl (C=O) groups excluding carboxylic acids is 3. The molecule has 0 fully saturated rings. The number of hydrogen-bond donors (Lipinski definition) is 3. The summed E-state index contributed by atoms with van der Waals surface area (Å²) in [4.78, 5) is 52.4. The summed E-state index contributed by atoms with van der Waals surface area (Å²) in [6, 6.07) is 20.8. The van der Waals surface area contributed by atoms with Gasteiger partial charge in [-0.25, -0.2) is 14.4 Å². The largest absolute Gasteiger partial charge is 0.459 e. The fourth-order valence-electron chi connectivity index (χ4n) is 5.99. The predicted octanol–water partition coefficient (Wildman–Crippen LogP) is 11.5. The lowest BCUT2D eigenvalue weighted by Gasteiger charge is -2.16. The molecule has 0 aliphatic heterocycles. The van der Waals surface area contributed by atoms with Crippen LogP contribution in [-0.2, 0) is 14.2 Å². The van der Waals surface area contributed by atoms with Crippen LogP contribution in [-0.4, -0.2) is 51.2 Å². The molecule has 0 saturated carbocycles. The van der Waals surface area contributed by atoms with E-state index in [-0.39, 0.29) is 54.1 Å². The molecule has 3 N–H and O–H groups in total. The number of hydrogen-bond acceptors (Lipinski definition) is 12. The molecule has 57 heavy (non-hydrogen) atoms. The topological polar surface area (TPSA) is 154 Å². The normalized spacial score (nSPS) is 12.5. The van der Waals surface area contributed by atoms with E-state index in [1.54, 1.807) is 72.8 Å². The van der Waals surface area contributed by atoms with Crippen LogP contribution < -0.4 is 16.0 Å². The van der Waals surface area contributed by atoms with Gasteiger partial charge in [-0.2, -0.15) is 15.0 Å². The van der Waals surface area contributed by atoms with E-state index in [0.29, 0.717) is 33.8 Å². The van der Waals surface area contributed by atoms with Crippen molar-refractivity contribution in [3.05, 3.63) is 89.5 Å². The number of unbranched alkanes of at least 4 members (excludes halogenated alkanes) is 3. The number of nitrogens with one attached hydrogen (secondary N) is 3. The van der Waals surface area contributed by atoms with Crippen molar-refractivity contribution < 1.29 is 28.6 Å². The molecule has 12 nitrogen and oxygen atoms in total. The van der Waals surface area contributed by atoms with Gasteiger partial charge in [0.2, 0.25) is 17.8 Å². The van der Waals surface area contributed by atoms with E-state index in [0.717, 1.165) is 77.0 Å². The highest BCUT2D eigenvalue weighted by atomic mass is 16.6. The zero-order valence-electron chi connectivity index (χ0n) is 34.4. The highest BCUT2D eigenvalue weighted by molar-refractivity contribution is 5.91. The fraction of sp³-hybridized carbons (Fsp3) is 0.467. The van der Waals surface area contributed by atoms with E-state index in [9.17, 15) is 14.4 Å². The molecule has 3 atom stereocenters. The first kappa shape index (κ1) is 44.2. The Morgan fingerprint density at radius 3 is 0.895 bits per heavy atom.